The van der Waals surface area contributed by atoms with Crippen molar-refractivity contribution in [2.45, 2.75) is 63.4 Å². The van der Waals surface area contributed by atoms with Crippen molar-refractivity contribution in [1.82, 2.24) is 16.0 Å². The van der Waals surface area contributed by atoms with E-state index >= 15 is 0 Å². The van der Waals surface area contributed by atoms with Crippen molar-refractivity contribution in [2.75, 3.05) is 0 Å². The average molecular weight is 482 g/mol. The molecular formula is C21H30N4O9. The fourth-order valence-corrected chi connectivity index (χ4v) is 2.83. The Hall–Kier alpha value is -3.71. The summed E-state index contributed by atoms with van der Waals surface area (Å²) in [6.45, 7) is 2.49. The number of carboxylic acid groups (broad SMARTS) is 2. The Bertz CT molecular complexity index is 889. The van der Waals surface area contributed by atoms with Gasteiger partial charge in [0.15, 0.2) is 0 Å². The molecule has 0 fully saturated rings. The minimum absolute atomic E-state index is 0.0438. The number of carbonyl (C=O) groups is 5. The van der Waals surface area contributed by atoms with E-state index in [1.807, 2.05) is 0 Å². The summed E-state index contributed by atoms with van der Waals surface area (Å²) < 4.78 is 0. The third kappa shape index (κ3) is 9.42. The molecule has 0 radical (unpaired) electrons. The first kappa shape index (κ1) is 28.3. The Morgan fingerprint density at radius 2 is 1.50 bits per heavy atom. The number of benzene rings is 1. The number of carbonyl (C=O) groups excluding carboxylic acids is 3. The summed E-state index contributed by atoms with van der Waals surface area (Å²) in [4.78, 5) is 59.1. The Morgan fingerprint density at radius 3 is 2.00 bits per heavy atom. The molecule has 0 aliphatic heterocycles. The number of phenols is 1. The van der Waals surface area contributed by atoms with Gasteiger partial charge >= 0.3 is 11.9 Å². The normalized spacial score (nSPS) is 15.2. The SMILES string of the molecule is CC(NC(=O)C(NC(=O)C(N)Cc1ccc(O)cc1)C(C)O)C(=O)NC(CCC(=O)O)C(=O)O. The number of aromatic hydroxyl groups is 1. The van der Waals surface area contributed by atoms with Gasteiger partial charge in [-0.1, -0.05) is 12.1 Å². The second-order valence-electron chi connectivity index (χ2n) is 7.77. The number of nitrogens with one attached hydrogen (secondary N) is 3. The molecule has 9 N–H and O–H groups in total. The lowest BCUT2D eigenvalue weighted by Crippen LogP contribution is -2.59. The highest BCUT2D eigenvalue weighted by molar-refractivity contribution is 5.94. The Kier molecular flexibility index (Phi) is 10.9. The van der Waals surface area contributed by atoms with Crippen molar-refractivity contribution >= 4 is 29.7 Å². The summed E-state index contributed by atoms with van der Waals surface area (Å²) in [5.74, 6) is -5.19. The molecule has 1 rings (SSSR count). The van der Waals surface area contributed by atoms with Gasteiger partial charge < -0.3 is 42.1 Å². The van der Waals surface area contributed by atoms with E-state index in [1.54, 1.807) is 12.1 Å². The van der Waals surface area contributed by atoms with Crippen LogP contribution >= 0.6 is 0 Å². The summed E-state index contributed by atoms with van der Waals surface area (Å²) in [6, 6.07) is 0.714. The number of amides is 3. The molecule has 13 heteroatoms. The number of hydrogen-bond acceptors (Lipinski definition) is 8. The van der Waals surface area contributed by atoms with E-state index in [9.17, 15) is 34.2 Å². The molecule has 0 aliphatic carbocycles. The third-order valence-corrected chi connectivity index (χ3v) is 4.80. The van der Waals surface area contributed by atoms with Gasteiger partial charge in [0.2, 0.25) is 17.7 Å². The lowest BCUT2D eigenvalue weighted by Gasteiger charge is -2.25. The molecule has 0 heterocycles. The summed E-state index contributed by atoms with van der Waals surface area (Å²) in [5, 5.41) is 43.8. The van der Waals surface area contributed by atoms with Crippen LogP contribution in [0.3, 0.4) is 0 Å². The van der Waals surface area contributed by atoms with E-state index in [0.717, 1.165) is 0 Å². The van der Waals surface area contributed by atoms with E-state index < -0.39 is 66.4 Å². The van der Waals surface area contributed by atoms with Crippen LogP contribution in [0.5, 0.6) is 5.75 Å². The molecule has 0 saturated carbocycles. The first-order valence-electron chi connectivity index (χ1n) is 10.4. The largest absolute Gasteiger partial charge is 0.508 e. The molecule has 188 valence electrons. The first-order valence-corrected chi connectivity index (χ1v) is 10.4. The molecule has 0 bridgehead atoms. The van der Waals surface area contributed by atoms with Crippen molar-refractivity contribution < 1.29 is 44.4 Å². The van der Waals surface area contributed by atoms with Gasteiger partial charge in [-0.2, -0.15) is 0 Å². The fraction of sp³-hybridized carbons (Fsp3) is 0.476. The minimum atomic E-state index is -1.48. The maximum absolute atomic E-state index is 12.6. The highest BCUT2D eigenvalue weighted by atomic mass is 16.4. The van der Waals surface area contributed by atoms with Crippen LogP contribution < -0.4 is 21.7 Å². The van der Waals surface area contributed by atoms with Gasteiger partial charge in [-0.05, 0) is 44.4 Å². The second kappa shape index (κ2) is 13.1. The topological polar surface area (TPSA) is 228 Å². The number of aliphatic hydroxyl groups excluding tert-OH is 1. The van der Waals surface area contributed by atoms with E-state index in [2.05, 4.69) is 16.0 Å². The van der Waals surface area contributed by atoms with Crippen molar-refractivity contribution in [3.8, 4) is 5.75 Å². The van der Waals surface area contributed by atoms with Crippen LogP contribution in [0.15, 0.2) is 24.3 Å². The number of phenolic OH excluding ortho intramolecular Hbond substituents is 1. The molecule has 1 aromatic rings. The lowest BCUT2D eigenvalue weighted by atomic mass is 10.0. The van der Waals surface area contributed by atoms with Gasteiger partial charge in [-0.3, -0.25) is 19.2 Å². The number of nitrogens with two attached hydrogens (primary N) is 1. The van der Waals surface area contributed by atoms with Crippen molar-refractivity contribution in [3.05, 3.63) is 29.8 Å². The number of rotatable bonds is 13. The summed E-state index contributed by atoms with van der Waals surface area (Å²) in [6.07, 6.45) is -2.12. The third-order valence-electron chi connectivity index (χ3n) is 4.80. The second-order valence-corrected chi connectivity index (χ2v) is 7.77. The van der Waals surface area contributed by atoms with Gasteiger partial charge in [0.05, 0.1) is 12.1 Å². The molecule has 0 spiro atoms. The molecule has 34 heavy (non-hydrogen) atoms. The van der Waals surface area contributed by atoms with E-state index in [4.69, 9.17) is 15.9 Å². The molecule has 0 saturated heterocycles. The van der Waals surface area contributed by atoms with Crippen LogP contribution in [0.25, 0.3) is 0 Å². The smallest absolute Gasteiger partial charge is 0.326 e. The monoisotopic (exact) mass is 482 g/mol. The number of hydrogen-bond donors (Lipinski definition) is 8. The predicted octanol–water partition coefficient (Wildman–Crippen LogP) is -1.93. The molecular weight excluding hydrogens is 452 g/mol. The molecule has 13 nitrogen and oxygen atoms in total. The molecule has 5 unspecified atom stereocenters. The number of aliphatic carboxylic acids is 2. The first-order chi connectivity index (χ1) is 15.8. The lowest BCUT2D eigenvalue weighted by molar-refractivity contribution is -0.143. The van der Waals surface area contributed by atoms with Gasteiger partial charge in [0.1, 0.15) is 23.9 Å². The zero-order valence-corrected chi connectivity index (χ0v) is 18.7. The average Bonchev–Trinajstić information content (AvgIpc) is 2.75. The Labute approximate surface area is 195 Å². The maximum Gasteiger partial charge on any atom is 0.326 e. The van der Waals surface area contributed by atoms with Crippen molar-refractivity contribution in [3.63, 3.8) is 0 Å². The highest BCUT2D eigenvalue weighted by Crippen LogP contribution is 2.11. The Morgan fingerprint density at radius 1 is 0.912 bits per heavy atom. The zero-order chi connectivity index (χ0) is 26.0. The molecule has 0 aliphatic rings. The summed E-state index contributed by atoms with van der Waals surface area (Å²) >= 11 is 0. The van der Waals surface area contributed by atoms with Gasteiger partial charge in [0.25, 0.3) is 0 Å². The fourth-order valence-electron chi connectivity index (χ4n) is 2.83. The van der Waals surface area contributed by atoms with Crippen LogP contribution in [0.1, 0.15) is 32.3 Å². The minimum Gasteiger partial charge on any atom is -0.508 e. The number of carboxylic acids is 2. The van der Waals surface area contributed by atoms with Gasteiger partial charge in [-0.15, -0.1) is 0 Å². The quantitative estimate of drug-likeness (QED) is 0.155. The van der Waals surface area contributed by atoms with E-state index in [-0.39, 0.29) is 18.6 Å². The molecule has 5 atom stereocenters. The Balaban J connectivity index is 2.72. The standard InChI is InChI=1S/C21H30N4O9/c1-10(18(30)24-15(21(33)34)7-8-16(28)29)23-20(32)17(11(2)26)25-19(31)14(22)9-12-3-5-13(27)6-4-12/h3-6,10-11,14-15,17,26-27H,7-9,22H2,1-2H3,(H,23,32)(H,24,30)(H,25,31)(H,28,29)(H,33,34). The van der Waals surface area contributed by atoms with E-state index in [0.29, 0.717) is 5.56 Å². The van der Waals surface area contributed by atoms with Crippen molar-refractivity contribution in [1.29, 1.82) is 0 Å². The molecule has 0 aromatic heterocycles. The number of aliphatic hydroxyl groups is 1. The maximum atomic E-state index is 12.6. The van der Waals surface area contributed by atoms with E-state index in [1.165, 1.54) is 26.0 Å². The van der Waals surface area contributed by atoms with Crippen molar-refractivity contribution in [2.24, 2.45) is 5.73 Å². The molecule has 1 aromatic carbocycles. The van der Waals surface area contributed by atoms with Crippen LogP contribution in [0, 0.1) is 0 Å². The summed E-state index contributed by atoms with van der Waals surface area (Å²) in [7, 11) is 0. The van der Waals surface area contributed by atoms with Gasteiger partial charge in [0, 0.05) is 6.42 Å². The molecule has 3 amide bonds. The predicted molar refractivity (Wildman–Crippen MR) is 117 cm³/mol. The highest BCUT2D eigenvalue weighted by Gasteiger charge is 2.31. The zero-order valence-electron chi connectivity index (χ0n) is 18.7. The van der Waals surface area contributed by atoms with Crippen LogP contribution in [0.2, 0.25) is 0 Å². The van der Waals surface area contributed by atoms with Crippen LogP contribution in [-0.4, -0.2) is 80.4 Å². The summed E-state index contributed by atoms with van der Waals surface area (Å²) in [5.41, 5.74) is 6.52. The van der Waals surface area contributed by atoms with Crippen LogP contribution in [0.4, 0.5) is 0 Å². The van der Waals surface area contributed by atoms with Gasteiger partial charge in [-0.25, -0.2) is 4.79 Å². The van der Waals surface area contributed by atoms with Crippen LogP contribution in [-0.2, 0) is 30.4 Å².